The molecule has 0 saturated carbocycles. The third-order valence-electron chi connectivity index (χ3n) is 2.01. The van der Waals surface area contributed by atoms with Crippen molar-refractivity contribution in [3.63, 3.8) is 0 Å². The number of carboxylic acid groups (broad SMARTS) is 1. The molecule has 3 amide bonds. The van der Waals surface area contributed by atoms with Crippen molar-refractivity contribution in [3.8, 4) is 0 Å². The van der Waals surface area contributed by atoms with E-state index in [-0.39, 0.29) is 13.0 Å². The van der Waals surface area contributed by atoms with E-state index in [1.54, 1.807) is 0 Å². The molecular formula is C9H13N5O4. The van der Waals surface area contributed by atoms with E-state index in [4.69, 9.17) is 10.8 Å². The van der Waals surface area contributed by atoms with Crippen LogP contribution in [0.2, 0.25) is 0 Å². The summed E-state index contributed by atoms with van der Waals surface area (Å²) in [6.45, 7) is -0.359. The average molecular weight is 255 g/mol. The Morgan fingerprint density at radius 2 is 2.22 bits per heavy atom. The first-order valence-electron chi connectivity index (χ1n) is 5.01. The van der Waals surface area contributed by atoms with Gasteiger partial charge in [-0.15, -0.1) is 0 Å². The third-order valence-corrected chi connectivity index (χ3v) is 2.01. The number of carbonyl (C=O) groups excluding carboxylic acids is 2. The number of nitrogens with one attached hydrogen (secondary N) is 3. The first-order chi connectivity index (χ1) is 8.49. The van der Waals surface area contributed by atoms with Gasteiger partial charge in [0.15, 0.2) is 0 Å². The fraction of sp³-hybridized carbons (Fsp3) is 0.333. The molecule has 9 nitrogen and oxygen atoms in total. The molecule has 0 aliphatic heterocycles. The van der Waals surface area contributed by atoms with Crippen LogP contribution in [0.3, 0.4) is 0 Å². The fourth-order valence-electron chi connectivity index (χ4n) is 1.19. The zero-order valence-corrected chi connectivity index (χ0v) is 9.34. The van der Waals surface area contributed by atoms with Crippen molar-refractivity contribution in [1.82, 2.24) is 20.6 Å². The molecule has 1 unspecified atom stereocenters. The summed E-state index contributed by atoms with van der Waals surface area (Å²) in [6, 6.07) is -1.90. The topological polar surface area (TPSA) is 150 Å². The molecule has 1 rings (SSSR count). The molecule has 9 heteroatoms. The highest BCUT2D eigenvalue weighted by molar-refractivity contribution is 5.86. The van der Waals surface area contributed by atoms with E-state index in [2.05, 4.69) is 20.6 Å². The number of aliphatic carboxylic acids is 1. The lowest BCUT2D eigenvalue weighted by Gasteiger charge is -2.13. The van der Waals surface area contributed by atoms with Gasteiger partial charge in [0.05, 0.1) is 12.9 Å². The summed E-state index contributed by atoms with van der Waals surface area (Å²) in [5, 5.41) is 13.3. The fourth-order valence-corrected chi connectivity index (χ4v) is 1.19. The van der Waals surface area contributed by atoms with Gasteiger partial charge in [0.2, 0.25) is 5.91 Å². The van der Waals surface area contributed by atoms with Gasteiger partial charge in [-0.3, -0.25) is 4.79 Å². The van der Waals surface area contributed by atoms with Gasteiger partial charge in [-0.25, -0.2) is 14.6 Å². The highest BCUT2D eigenvalue weighted by Gasteiger charge is 2.20. The van der Waals surface area contributed by atoms with E-state index in [0.29, 0.717) is 5.69 Å². The number of carbonyl (C=O) groups is 3. The molecule has 0 fully saturated rings. The largest absolute Gasteiger partial charge is 0.480 e. The molecule has 1 aromatic heterocycles. The maximum absolute atomic E-state index is 11.3. The molecule has 0 bridgehead atoms. The Morgan fingerprint density at radius 3 is 2.72 bits per heavy atom. The number of hydrogen-bond donors (Lipinski definition) is 5. The number of imidazole rings is 1. The van der Waals surface area contributed by atoms with Gasteiger partial charge in [-0.05, 0) is 0 Å². The summed E-state index contributed by atoms with van der Waals surface area (Å²) >= 11 is 0. The number of aromatic amines is 1. The molecule has 0 aliphatic rings. The Bertz CT molecular complexity index is 430. The Morgan fingerprint density at radius 1 is 1.50 bits per heavy atom. The molecule has 0 aromatic carbocycles. The van der Waals surface area contributed by atoms with Gasteiger partial charge in [0.1, 0.15) is 6.04 Å². The second kappa shape index (κ2) is 6.23. The molecular weight excluding hydrogens is 242 g/mol. The summed E-state index contributed by atoms with van der Waals surface area (Å²) in [7, 11) is 0. The van der Waals surface area contributed by atoms with Gasteiger partial charge < -0.3 is 26.5 Å². The number of hydrogen-bond acceptors (Lipinski definition) is 4. The van der Waals surface area contributed by atoms with Crippen LogP contribution in [0.5, 0.6) is 0 Å². The van der Waals surface area contributed by atoms with Gasteiger partial charge in [-0.2, -0.15) is 0 Å². The maximum Gasteiger partial charge on any atom is 0.326 e. The molecule has 1 atom stereocenters. The van der Waals surface area contributed by atoms with Crippen LogP contribution in [0.15, 0.2) is 12.5 Å². The average Bonchev–Trinajstić information content (AvgIpc) is 2.78. The van der Waals surface area contributed by atoms with Crippen LogP contribution in [0.4, 0.5) is 4.79 Å². The normalized spacial score (nSPS) is 11.6. The van der Waals surface area contributed by atoms with Crippen LogP contribution in [-0.4, -0.2) is 45.6 Å². The van der Waals surface area contributed by atoms with Crippen LogP contribution in [-0.2, 0) is 16.0 Å². The molecule has 0 aliphatic carbocycles. The number of rotatable bonds is 6. The smallest absolute Gasteiger partial charge is 0.326 e. The Balaban J connectivity index is 2.50. The highest BCUT2D eigenvalue weighted by Crippen LogP contribution is 1.98. The SMILES string of the molecule is NC(=O)CNC(=O)NC(Cc1cnc[nH]1)C(=O)O. The highest BCUT2D eigenvalue weighted by atomic mass is 16.4. The predicted octanol–water partition coefficient (Wildman–Crippen LogP) is -1.81. The van der Waals surface area contributed by atoms with Gasteiger partial charge in [0, 0.05) is 18.3 Å². The third kappa shape index (κ3) is 4.51. The molecule has 98 valence electrons. The Labute approximate surface area is 102 Å². The number of nitrogens with zero attached hydrogens (tertiary/aromatic N) is 1. The lowest BCUT2D eigenvalue weighted by atomic mass is 10.2. The Kier molecular flexibility index (Phi) is 4.67. The number of H-pyrrole nitrogens is 1. The number of primary amides is 1. The van der Waals surface area contributed by atoms with E-state index in [1.807, 2.05) is 0 Å². The molecule has 0 radical (unpaired) electrons. The molecule has 0 spiro atoms. The van der Waals surface area contributed by atoms with Crippen LogP contribution >= 0.6 is 0 Å². The first kappa shape index (κ1) is 13.5. The van der Waals surface area contributed by atoms with Crippen LogP contribution < -0.4 is 16.4 Å². The van der Waals surface area contributed by atoms with E-state index < -0.39 is 23.9 Å². The monoisotopic (exact) mass is 255 g/mol. The van der Waals surface area contributed by atoms with Crippen molar-refractivity contribution in [2.24, 2.45) is 5.73 Å². The standard InChI is InChI=1S/C9H13N5O4/c10-7(15)3-12-9(18)14-6(8(16)17)1-5-2-11-4-13-5/h2,4,6H,1,3H2,(H2,10,15)(H,11,13)(H,16,17)(H2,12,14,18). The maximum atomic E-state index is 11.3. The lowest BCUT2D eigenvalue weighted by molar-refractivity contribution is -0.139. The van der Waals surface area contributed by atoms with Crippen molar-refractivity contribution in [3.05, 3.63) is 18.2 Å². The quantitative estimate of drug-likeness (QED) is 0.406. The summed E-state index contributed by atoms with van der Waals surface area (Å²) in [6.07, 6.45) is 2.92. The number of amides is 3. The minimum atomic E-state index is -1.20. The van der Waals surface area contributed by atoms with Gasteiger partial charge >= 0.3 is 12.0 Å². The molecule has 18 heavy (non-hydrogen) atoms. The van der Waals surface area contributed by atoms with E-state index in [1.165, 1.54) is 12.5 Å². The predicted molar refractivity (Wildman–Crippen MR) is 59.4 cm³/mol. The number of nitrogens with two attached hydrogens (primary N) is 1. The second-order valence-corrected chi connectivity index (χ2v) is 3.47. The van der Waals surface area contributed by atoms with E-state index >= 15 is 0 Å². The van der Waals surface area contributed by atoms with Crippen molar-refractivity contribution in [2.75, 3.05) is 6.54 Å². The minimum Gasteiger partial charge on any atom is -0.480 e. The summed E-state index contributed by atoms with van der Waals surface area (Å²) in [5.41, 5.74) is 5.40. The van der Waals surface area contributed by atoms with Gasteiger partial charge in [-0.1, -0.05) is 0 Å². The van der Waals surface area contributed by atoms with Crippen LogP contribution in [0.25, 0.3) is 0 Å². The zero-order chi connectivity index (χ0) is 13.5. The molecule has 0 saturated heterocycles. The first-order valence-corrected chi connectivity index (χ1v) is 5.01. The van der Waals surface area contributed by atoms with Crippen molar-refractivity contribution in [2.45, 2.75) is 12.5 Å². The summed E-state index contributed by atoms with van der Waals surface area (Å²) in [4.78, 5) is 39.1. The number of aromatic nitrogens is 2. The van der Waals surface area contributed by atoms with Crippen LogP contribution in [0, 0.1) is 0 Å². The van der Waals surface area contributed by atoms with Crippen molar-refractivity contribution < 1.29 is 19.5 Å². The second-order valence-electron chi connectivity index (χ2n) is 3.47. The zero-order valence-electron chi connectivity index (χ0n) is 9.34. The molecule has 1 heterocycles. The molecule has 6 N–H and O–H groups in total. The molecule has 1 aromatic rings. The van der Waals surface area contributed by atoms with Crippen molar-refractivity contribution in [1.29, 1.82) is 0 Å². The minimum absolute atomic E-state index is 0.0549. The Hall–Kier alpha value is -2.58. The van der Waals surface area contributed by atoms with Gasteiger partial charge in [0.25, 0.3) is 0 Å². The summed E-state index contributed by atoms with van der Waals surface area (Å²) in [5.74, 6) is -1.91. The lowest BCUT2D eigenvalue weighted by Crippen LogP contribution is -2.48. The number of carboxylic acids is 1. The van der Waals surface area contributed by atoms with E-state index in [9.17, 15) is 14.4 Å². The summed E-state index contributed by atoms with van der Waals surface area (Å²) < 4.78 is 0. The van der Waals surface area contributed by atoms with Crippen LogP contribution in [0.1, 0.15) is 5.69 Å². The number of urea groups is 1. The van der Waals surface area contributed by atoms with E-state index in [0.717, 1.165) is 0 Å². The van der Waals surface area contributed by atoms with Crippen molar-refractivity contribution >= 4 is 17.9 Å².